The van der Waals surface area contributed by atoms with Gasteiger partial charge in [0.1, 0.15) is 5.82 Å². The van der Waals surface area contributed by atoms with Crippen LogP contribution in [0.3, 0.4) is 0 Å². The smallest absolute Gasteiger partial charge is 0.239 e. The SMILES string of the molecule is c1ccc(-c2cccc(S(c3ccccc3)(c3ccccc3)c3cc(-c4cc(-n5c6ccccc6n6c7ccccc7nc56)nc(-n5c6ccccc6n6c7ccccc7nc56)n4)cc(S(c4ccccc4)(c4ccccc4)c4cccc(-c5ccccc5)c4)c3)c2)cc1. The fourth-order valence-electron chi connectivity index (χ4n) is 14.1. The maximum Gasteiger partial charge on any atom is 0.239 e. The van der Waals surface area contributed by atoms with Gasteiger partial charge >= 0.3 is 0 Å². The van der Waals surface area contributed by atoms with Crippen LogP contribution in [0, 0.1) is 0 Å². The van der Waals surface area contributed by atoms with Crippen LogP contribution in [-0.4, -0.2) is 37.9 Å². The molecule has 0 amide bonds. The van der Waals surface area contributed by atoms with Gasteiger partial charge in [-0.1, -0.05) is 206 Å². The number of hydrogen-bond acceptors (Lipinski definition) is 4. The first-order valence-corrected chi connectivity index (χ1v) is 34.8. The van der Waals surface area contributed by atoms with Gasteiger partial charge in [0.25, 0.3) is 0 Å². The zero-order valence-corrected chi connectivity index (χ0v) is 52.5. The maximum atomic E-state index is 6.00. The van der Waals surface area contributed by atoms with Crippen molar-refractivity contribution in [1.29, 1.82) is 0 Å². The van der Waals surface area contributed by atoms with E-state index in [1.165, 1.54) is 29.4 Å². The molecule has 10 heteroatoms. The minimum absolute atomic E-state index is 0.466. The first kappa shape index (κ1) is 55.1. The molecular weight excluding hydrogens is 1190 g/mol. The molecule has 0 spiro atoms. The molecule has 8 nitrogen and oxygen atoms in total. The van der Waals surface area contributed by atoms with Gasteiger partial charge in [-0.3, -0.25) is 13.4 Å². The molecule has 5 heterocycles. The lowest BCUT2D eigenvalue weighted by atomic mass is 10.1. The highest BCUT2D eigenvalue weighted by Crippen LogP contribution is 2.78. The van der Waals surface area contributed by atoms with Gasteiger partial charge in [0.2, 0.25) is 17.5 Å². The molecule has 446 valence electrons. The predicted octanol–water partition coefficient (Wildman–Crippen LogP) is 21.6. The van der Waals surface area contributed by atoms with Crippen molar-refractivity contribution < 1.29 is 0 Å². The molecule has 0 bridgehead atoms. The van der Waals surface area contributed by atoms with Crippen molar-refractivity contribution in [3.05, 3.63) is 352 Å². The molecule has 0 fully saturated rings. The van der Waals surface area contributed by atoms with Crippen LogP contribution in [0.25, 0.3) is 101 Å². The summed E-state index contributed by atoms with van der Waals surface area (Å²) in [5.74, 6) is 2.57. The van der Waals surface area contributed by atoms with E-state index >= 15 is 0 Å². The third kappa shape index (κ3) is 8.71. The van der Waals surface area contributed by atoms with E-state index in [0.717, 1.165) is 93.2 Å². The second-order valence-electron chi connectivity index (χ2n) is 23.5. The highest BCUT2D eigenvalue weighted by Gasteiger charge is 2.39. The summed E-state index contributed by atoms with van der Waals surface area (Å²) in [4.78, 5) is 32.2. The Morgan fingerprint density at radius 2 is 0.543 bits per heavy atom. The molecule has 5 aromatic heterocycles. The Morgan fingerprint density at radius 1 is 0.213 bits per heavy atom. The number of para-hydroxylation sites is 8. The minimum atomic E-state index is -2.47. The third-order valence-corrected chi connectivity index (χ3v) is 25.9. The Morgan fingerprint density at radius 3 is 0.979 bits per heavy atom. The van der Waals surface area contributed by atoms with Crippen LogP contribution in [0.15, 0.2) is 391 Å². The average molecular weight is 1240 g/mol. The molecule has 0 aliphatic rings. The average Bonchev–Trinajstić information content (AvgIpc) is 1.12. The summed E-state index contributed by atoms with van der Waals surface area (Å²) in [6.07, 6.45) is 0. The highest BCUT2D eigenvalue weighted by atomic mass is 32.3. The van der Waals surface area contributed by atoms with Crippen LogP contribution < -0.4 is 0 Å². The van der Waals surface area contributed by atoms with Crippen LogP contribution in [0.4, 0.5) is 0 Å². The maximum absolute atomic E-state index is 6.00. The molecule has 0 radical (unpaired) electrons. The van der Waals surface area contributed by atoms with E-state index in [1.54, 1.807) is 0 Å². The molecule has 0 unspecified atom stereocenters. The third-order valence-electron chi connectivity index (χ3n) is 18.2. The Bertz CT molecular complexity index is 5430. The standard InChI is InChI=1S/C84H58N8S2/c1-7-29-59(30-8-1)61-33-27-43-68(53-61)93(64-35-11-3-12-36-64,65-37-13-4-14-38-65)70-55-63(56-71(57-70)94(66-39-15-5-16-40-66,67-41-17-6-18-42-67)69-44-28-34-62(54-69)60-31-9-2-10-32-60)74-58-81(91-79-51-25-23-49-77(79)89-75-47-21-19-45-72(75)86-83(89)91)88-82(85-74)92-80-52-26-24-50-78(80)90-76-48-22-20-46-73(76)87-84(90)92/h1-58H. The Hall–Kier alpha value is -11.8. The van der Waals surface area contributed by atoms with Crippen molar-refractivity contribution in [3.8, 4) is 45.3 Å². The lowest BCUT2D eigenvalue weighted by Crippen LogP contribution is -2.10. The number of fused-ring (bicyclic) bond motifs is 10. The van der Waals surface area contributed by atoms with Crippen LogP contribution >= 0.6 is 20.1 Å². The summed E-state index contributed by atoms with van der Waals surface area (Å²) in [6, 6.07) is 129. The molecular formula is C84H58N8S2. The predicted molar refractivity (Wildman–Crippen MR) is 384 cm³/mol. The van der Waals surface area contributed by atoms with Crippen molar-refractivity contribution in [2.24, 2.45) is 0 Å². The van der Waals surface area contributed by atoms with Gasteiger partial charge in [-0.25, -0.2) is 19.5 Å². The number of benzene rings is 13. The van der Waals surface area contributed by atoms with Gasteiger partial charge in [0.05, 0.1) is 49.8 Å². The summed E-state index contributed by atoms with van der Waals surface area (Å²) in [6.45, 7) is 0. The van der Waals surface area contributed by atoms with Gasteiger partial charge in [0, 0.05) is 50.8 Å². The summed E-state index contributed by atoms with van der Waals surface area (Å²) in [5.41, 5.74) is 13.9. The van der Waals surface area contributed by atoms with Crippen LogP contribution in [-0.2, 0) is 0 Å². The van der Waals surface area contributed by atoms with Crippen molar-refractivity contribution in [1.82, 2.24) is 37.9 Å². The first-order valence-electron chi connectivity index (χ1n) is 31.6. The summed E-state index contributed by atoms with van der Waals surface area (Å²) >= 11 is 0. The molecule has 0 saturated carbocycles. The van der Waals surface area contributed by atoms with E-state index in [0.29, 0.717) is 17.5 Å². The van der Waals surface area contributed by atoms with E-state index in [2.05, 4.69) is 364 Å². The fourth-order valence-corrected chi connectivity index (χ4v) is 22.1. The fraction of sp³-hybridized carbons (Fsp3) is 0. The second kappa shape index (κ2) is 22.5. The number of rotatable bonds is 13. The van der Waals surface area contributed by atoms with E-state index in [1.807, 2.05) is 6.07 Å². The van der Waals surface area contributed by atoms with Gasteiger partial charge in [-0.15, -0.1) is 20.1 Å². The topological polar surface area (TPSA) is 70.2 Å². The number of imidazole rings is 4. The van der Waals surface area contributed by atoms with Crippen LogP contribution in [0.2, 0.25) is 0 Å². The van der Waals surface area contributed by atoms with Gasteiger partial charge in [0.15, 0.2) is 0 Å². The summed E-state index contributed by atoms with van der Waals surface area (Å²) < 4.78 is 8.87. The van der Waals surface area contributed by atoms with Gasteiger partial charge in [-0.05, 0) is 162 Å². The Kier molecular flexibility index (Phi) is 13.2. The van der Waals surface area contributed by atoms with E-state index in [4.69, 9.17) is 19.9 Å². The van der Waals surface area contributed by atoms with Crippen molar-refractivity contribution >= 4 is 75.7 Å². The largest absolute Gasteiger partial charge is 0.276 e. The van der Waals surface area contributed by atoms with Crippen LogP contribution in [0.1, 0.15) is 0 Å². The molecule has 94 heavy (non-hydrogen) atoms. The Labute approximate surface area is 546 Å². The van der Waals surface area contributed by atoms with E-state index in [9.17, 15) is 0 Å². The van der Waals surface area contributed by atoms with E-state index < -0.39 is 20.1 Å². The monoisotopic (exact) mass is 1240 g/mol. The summed E-state index contributed by atoms with van der Waals surface area (Å²) in [5, 5.41) is 0. The van der Waals surface area contributed by atoms with Gasteiger partial charge < -0.3 is 0 Å². The molecule has 0 aliphatic heterocycles. The number of hydrogen-bond donors (Lipinski definition) is 0. The second-order valence-corrected chi connectivity index (χ2v) is 29.7. The highest BCUT2D eigenvalue weighted by molar-refractivity contribution is 8.34. The molecule has 0 aliphatic carbocycles. The molecule has 0 saturated heterocycles. The molecule has 18 rings (SSSR count). The first-order chi connectivity index (χ1) is 46.6. The number of nitrogens with zero attached hydrogens (tertiary/aromatic N) is 8. The van der Waals surface area contributed by atoms with Crippen molar-refractivity contribution in [3.63, 3.8) is 0 Å². The molecule has 13 aromatic carbocycles. The quantitative estimate of drug-likeness (QED) is 0.115. The van der Waals surface area contributed by atoms with Crippen molar-refractivity contribution in [2.45, 2.75) is 39.2 Å². The minimum Gasteiger partial charge on any atom is -0.276 e. The Balaban J connectivity index is 1.03. The zero-order chi connectivity index (χ0) is 62.2. The van der Waals surface area contributed by atoms with Crippen molar-refractivity contribution in [2.75, 3.05) is 0 Å². The normalized spacial score (nSPS) is 12.4. The number of aromatic nitrogens is 8. The van der Waals surface area contributed by atoms with Crippen LogP contribution in [0.5, 0.6) is 0 Å². The van der Waals surface area contributed by atoms with Gasteiger partial charge in [-0.2, -0.15) is 4.98 Å². The molecule has 18 aromatic rings. The van der Waals surface area contributed by atoms with E-state index in [-0.39, 0.29) is 0 Å². The summed E-state index contributed by atoms with van der Waals surface area (Å²) in [7, 11) is -4.94. The molecule has 0 N–H and O–H groups in total. The lowest BCUT2D eigenvalue weighted by Gasteiger charge is -2.45. The lowest BCUT2D eigenvalue weighted by molar-refractivity contribution is 0.930. The molecule has 0 atom stereocenters. The zero-order valence-electron chi connectivity index (χ0n) is 50.9.